The molecular weight excluding hydrogens is 296 g/mol. The number of aryl methyl sites for hydroxylation is 3. The number of nitrogens with zero attached hydrogens (tertiary/aromatic N) is 3. The number of anilines is 3. The third-order valence-corrected chi connectivity index (χ3v) is 3.89. The first-order valence-corrected chi connectivity index (χ1v) is 7.96. The molecule has 1 heterocycles. The summed E-state index contributed by atoms with van der Waals surface area (Å²) in [7, 11) is 0. The predicted molar refractivity (Wildman–Crippen MR) is 94.5 cm³/mol. The van der Waals surface area contributed by atoms with Gasteiger partial charge in [-0.2, -0.15) is 4.98 Å². The van der Waals surface area contributed by atoms with Crippen molar-refractivity contribution in [2.75, 3.05) is 23.3 Å². The molecular formula is C17H23ClN4. The molecule has 1 aromatic heterocycles. The summed E-state index contributed by atoms with van der Waals surface area (Å²) < 4.78 is 0. The lowest BCUT2D eigenvalue weighted by Crippen LogP contribution is -2.23. The zero-order valence-electron chi connectivity index (χ0n) is 13.9. The van der Waals surface area contributed by atoms with E-state index < -0.39 is 0 Å². The fourth-order valence-electron chi connectivity index (χ4n) is 2.50. The standard InChI is InChI=1S/C17H23ClN4/c1-6-22(7-2)15-10-13(5)19-17(20-15)21-16-12(4)8-11(3)9-14(16)18/h8-10H,6-7H2,1-5H3,(H,19,20,21). The molecule has 118 valence electrons. The van der Waals surface area contributed by atoms with Crippen molar-refractivity contribution in [3.8, 4) is 0 Å². The van der Waals surface area contributed by atoms with Gasteiger partial charge in [-0.05, 0) is 51.8 Å². The molecule has 22 heavy (non-hydrogen) atoms. The molecule has 0 aliphatic heterocycles. The van der Waals surface area contributed by atoms with Crippen LogP contribution in [-0.4, -0.2) is 23.1 Å². The number of halogens is 1. The third-order valence-electron chi connectivity index (χ3n) is 3.60. The summed E-state index contributed by atoms with van der Waals surface area (Å²) in [6.45, 7) is 12.1. The molecule has 0 saturated carbocycles. The summed E-state index contributed by atoms with van der Waals surface area (Å²) >= 11 is 6.35. The maximum absolute atomic E-state index is 6.35. The topological polar surface area (TPSA) is 41.1 Å². The van der Waals surface area contributed by atoms with Crippen molar-refractivity contribution in [2.24, 2.45) is 0 Å². The van der Waals surface area contributed by atoms with Gasteiger partial charge < -0.3 is 10.2 Å². The molecule has 0 aliphatic rings. The molecule has 0 atom stereocenters. The second-order valence-electron chi connectivity index (χ2n) is 5.43. The van der Waals surface area contributed by atoms with E-state index in [0.29, 0.717) is 11.0 Å². The molecule has 2 aromatic rings. The van der Waals surface area contributed by atoms with Crippen molar-refractivity contribution >= 4 is 29.1 Å². The second kappa shape index (κ2) is 6.97. The average Bonchev–Trinajstić information content (AvgIpc) is 2.43. The van der Waals surface area contributed by atoms with Crippen LogP contribution < -0.4 is 10.2 Å². The number of hydrogen-bond acceptors (Lipinski definition) is 4. The second-order valence-corrected chi connectivity index (χ2v) is 5.83. The molecule has 0 amide bonds. The Kier molecular flexibility index (Phi) is 5.24. The number of aromatic nitrogens is 2. The molecule has 4 nitrogen and oxygen atoms in total. The monoisotopic (exact) mass is 318 g/mol. The molecule has 1 N–H and O–H groups in total. The van der Waals surface area contributed by atoms with Crippen molar-refractivity contribution in [1.82, 2.24) is 9.97 Å². The zero-order valence-corrected chi connectivity index (χ0v) is 14.6. The maximum Gasteiger partial charge on any atom is 0.229 e. The Morgan fingerprint density at radius 3 is 2.32 bits per heavy atom. The molecule has 5 heteroatoms. The molecule has 2 rings (SSSR count). The van der Waals surface area contributed by atoms with E-state index in [2.05, 4.69) is 40.1 Å². The van der Waals surface area contributed by atoms with E-state index in [1.807, 2.05) is 32.9 Å². The minimum atomic E-state index is 0.579. The summed E-state index contributed by atoms with van der Waals surface area (Å²) in [5.74, 6) is 1.51. The van der Waals surface area contributed by atoms with Crippen LogP contribution in [0, 0.1) is 20.8 Å². The third kappa shape index (κ3) is 3.69. The molecule has 0 saturated heterocycles. The summed E-state index contributed by atoms with van der Waals surface area (Å²) in [6, 6.07) is 6.04. The summed E-state index contributed by atoms with van der Waals surface area (Å²) in [5.41, 5.74) is 4.02. The zero-order chi connectivity index (χ0) is 16.3. The smallest absolute Gasteiger partial charge is 0.229 e. The first-order valence-electron chi connectivity index (χ1n) is 7.59. The highest BCUT2D eigenvalue weighted by atomic mass is 35.5. The van der Waals surface area contributed by atoms with Crippen molar-refractivity contribution < 1.29 is 0 Å². The highest BCUT2D eigenvalue weighted by Crippen LogP contribution is 2.29. The maximum atomic E-state index is 6.35. The number of nitrogens with one attached hydrogen (secondary N) is 1. The van der Waals surface area contributed by atoms with Crippen LogP contribution in [-0.2, 0) is 0 Å². The van der Waals surface area contributed by atoms with E-state index >= 15 is 0 Å². The summed E-state index contributed by atoms with van der Waals surface area (Å²) in [6.07, 6.45) is 0. The quantitative estimate of drug-likeness (QED) is 0.871. The molecule has 0 radical (unpaired) electrons. The predicted octanol–water partition coefficient (Wildman–Crippen LogP) is 4.65. The normalized spacial score (nSPS) is 10.6. The van der Waals surface area contributed by atoms with E-state index in [9.17, 15) is 0 Å². The van der Waals surface area contributed by atoms with Crippen LogP contribution >= 0.6 is 11.6 Å². The Morgan fingerprint density at radius 2 is 1.73 bits per heavy atom. The minimum absolute atomic E-state index is 0.579. The van der Waals surface area contributed by atoms with E-state index in [0.717, 1.165) is 41.4 Å². The largest absolute Gasteiger partial charge is 0.357 e. The van der Waals surface area contributed by atoms with E-state index in [4.69, 9.17) is 11.6 Å². The Balaban J connectivity index is 2.38. The van der Waals surface area contributed by atoms with E-state index in [-0.39, 0.29) is 0 Å². The van der Waals surface area contributed by atoms with Gasteiger partial charge in [0.25, 0.3) is 0 Å². The van der Waals surface area contributed by atoms with Crippen molar-refractivity contribution in [2.45, 2.75) is 34.6 Å². The van der Waals surface area contributed by atoms with Crippen molar-refractivity contribution in [1.29, 1.82) is 0 Å². The van der Waals surface area contributed by atoms with Gasteiger partial charge in [0.1, 0.15) is 5.82 Å². The summed E-state index contributed by atoms with van der Waals surface area (Å²) in [4.78, 5) is 11.3. The van der Waals surface area contributed by atoms with Crippen LogP contribution in [0.1, 0.15) is 30.7 Å². The lowest BCUT2D eigenvalue weighted by molar-refractivity contribution is 0.840. The Labute approximate surface area is 137 Å². The number of rotatable bonds is 5. The van der Waals surface area contributed by atoms with Gasteiger partial charge >= 0.3 is 0 Å². The van der Waals surface area contributed by atoms with Crippen LogP contribution in [0.2, 0.25) is 5.02 Å². The van der Waals surface area contributed by atoms with Gasteiger partial charge in [0.2, 0.25) is 5.95 Å². The molecule has 0 fully saturated rings. The van der Waals surface area contributed by atoms with Gasteiger partial charge in [-0.1, -0.05) is 17.7 Å². The van der Waals surface area contributed by atoms with E-state index in [1.54, 1.807) is 0 Å². The highest BCUT2D eigenvalue weighted by molar-refractivity contribution is 6.33. The Morgan fingerprint density at radius 1 is 1.05 bits per heavy atom. The average molecular weight is 319 g/mol. The molecule has 0 aliphatic carbocycles. The van der Waals surface area contributed by atoms with Crippen LogP contribution in [0.3, 0.4) is 0 Å². The van der Waals surface area contributed by atoms with Gasteiger partial charge in [-0.25, -0.2) is 4.98 Å². The van der Waals surface area contributed by atoms with Crippen LogP contribution in [0.25, 0.3) is 0 Å². The first kappa shape index (κ1) is 16.6. The van der Waals surface area contributed by atoms with Gasteiger partial charge in [0.15, 0.2) is 0 Å². The SMILES string of the molecule is CCN(CC)c1cc(C)nc(Nc2c(C)cc(C)cc2Cl)n1. The van der Waals surface area contributed by atoms with Gasteiger partial charge in [0.05, 0.1) is 10.7 Å². The van der Waals surface area contributed by atoms with Crippen LogP contribution in [0.15, 0.2) is 18.2 Å². The Hall–Kier alpha value is -1.81. The number of benzene rings is 1. The molecule has 0 bridgehead atoms. The van der Waals surface area contributed by atoms with Crippen LogP contribution in [0.5, 0.6) is 0 Å². The lowest BCUT2D eigenvalue weighted by atomic mass is 10.1. The van der Waals surface area contributed by atoms with Crippen molar-refractivity contribution in [3.05, 3.63) is 40.0 Å². The van der Waals surface area contributed by atoms with Gasteiger partial charge in [0, 0.05) is 24.8 Å². The van der Waals surface area contributed by atoms with Gasteiger partial charge in [-0.3, -0.25) is 0 Å². The fourth-order valence-corrected chi connectivity index (χ4v) is 2.87. The number of hydrogen-bond donors (Lipinski definition) is 1. The Bertz CT molecular complexity index is 643. The first-order chi connectivity index (χ1) is 10.4. The lowest BCUT2D eigenvalue weighted by Gasteiger charge is -2.21. The van der Waals surface area contributed by atoms with Crippen molar-refractivity contribution in [3.63, 3.8) is 0 Å². The molecule has 0 spiro atoms. The highest BCUT2D eigenvalue weighted by Gasteiger charge is 2.11. The van der Waals surface area contributed by atoms with Crippen LogP contribution in [0.4, 0.5) is 17.5 Å². The van der Waals surface area contributed by atoms with Gasteiger partial charge in [-0.15, -0.1) is 0 Å². The fraction of sp³-hybridized carbons (Fsp3) is 0.412. The minimum Gasteiger partial charge on any atom is -0.357 e. The van der Waals surface area contributed by atoms with E-state index in [1.165, 1.54) is 0 Å². The molecule has 1 aromatic carbocycles. The summed E-state index contributed by atoms with van der Waals surface area (Å²) in [5, 5.41) is 3.96. The molecule has 0 unspecified atom stereocenters.